The van der Waals surface area contributed by atoms with Crippen molar-refractivity contribution >= 4 is 76.6 Å². The molecule has 14 atom stereocenters. The minimum Gasteiger partial charge on any atom is -0.442 e. The second kappa shape index (κ2) is 44.0. The largest absolute Gasteiger partial charge is 0.442 e. The summed E-state index contributed by atoms with van der Waals surface area (Å²) in [5, 5.41) is 18.9. The minimum atomic E-state index is -1.94. The van der Waals surface area contributed by atoms with E-state index in [1.807, 2.05) is 0 Å². The molecule has 6 unspecified atom stereocenters. The van der Waals surface area contributed by atoms with Crippen LogP contribution in [0, 0.1) is 0 Å². The molecule has 7 amide bonds. The number of ether oxygens (including phenoxy) is 10. The third kappa shape index (κ3) is 27.6. The summed E-state index contributed by atoms with van der Waals surface area (Å²) in [5.74, 6) is -0.346. The van der Waals surface area contributed by atoms with Gasteiger partial charge in [-0.15, -0.1) is 0 Å². The number of unbranched alkanes of at least 4 members (excludes halogenated alkanes) is 12. The normalized spacial score (nSPS) is 20.9. The van der Waals surface area contributed by atoms with Crippen LogP contribution in [0.3, 0.4) is 0 Å². The highest BCUT2D eigenvalue weighted by atomic mass is 16.8. The molecule has 566 valence electrons. The summed E-state index contributed by atoms with van der Waals surface area (Å²) >= 11 is 0. The van der Waals surface area contributed by atoms with Crippen molar-refractivity contribution in [1.29, 1.82) is 0 Å². The molecule has 105 heavy (non-hydrogen) atoms. The highest BCUT2D eigenvalue weighted by Crippen LogP contribution is 2.36. The van der Waals surface area contributed by atoms with Crippen molar-refractivity contribution in [1.82, 2.24) is 5.32 Å². The smallest absolute Gasteiger partial charge is 0.412 e. The van der Waals surface area contributed by atoms with Crippen LogP contribution in [0.2, 0.25) is 0 Å². The van der Waals surface area contributed by atoms with Gasteiger partial charge in [0.05, 0.1) is 0 Å². The quantitative estimate of drug-likeness (QED) is 0.00974. The van der Waals surface area contributed by atoms with E-state index in [1.54, 1.807) is 182 Å². The number of benzene rings is 6. The lowest BCUT2D eigenvalue weighted by Crippen LogP contribution is -2.69. The number of carbonyl (C=O) groups is 7. The lowest BCUT2D eigenvalue weighted by Gasteiger charge is -2.49. The standard InChI is InChI=1S/C77H101N11O17/c1-3-4-5-6-7-8-9-10-11-12-13-14-33-46-63(89)82-50-62(60(48-78)99-73(91)84-53-36-23-16-24-37-53)98-70(51(2)96-72(90)83-52-34-21-15-22-35-52)100-64-58(80)47-59(81)65(67(64)103-75(93)86-55-40-27-18-28-41-55)101-71-69(105-77(95)88-57-44-31-20-32-45-57)68(104-76(94)87-56-42-29-19-30-43-56)66(61(49-79)97-71)102-74(92)85-54-38-25-17-26-39-54/h15-32,34-45,51,58-62,64-71H,3-14,33,46-50,78-81H2,1-2H3,(H,82,89)(H,83,90)(H,84,91)(H,85,92)(H,86,93)(H,87,94)(H,88,95)/t51-,58?,59-,60-,61+,62?,64-,65?,66+,67?,68?,69?,70+,71+/m0/s1. The Morgan fingerprint density at radius 1 is 0.429 bits per heavy atom. The Morgan fingerprint density at radius 2 is 0.781 bits per heavy atom. The third-order valence-electron chi connectivity index (χ3n) is 17.4. The number of hydrogen-bond acceptors (Lipinski definition) is 21. The summed E-state index contributed by atoms with van der Waals surface area (Å²) in [6, 6.07) is 47.4. The molecule has 6 aromatic carbocycles. The number of hydrogen-bond donors (Lipinski definition) is 11. The molecule has 0 aromatic heterocycles. The first-order valence-electron chi connectivity index (χ1n) is 36.0. The highest BCUT2D eigenvalue weighted by molar-refractivity contribution is 5.88. The molecule has 1 saturated heterocycles. The van der Waals surface area contributed by atoms with Gasteiger partial charge in [-0.3, -0.25) is 36.7 Å². The molecule has 0 bridgehead atoms. The Morgan fingerprint density at radius 3 is 1.18 bits per heavy atom. The molecule has 1 aliphatic heterocycles. The highest BCUT2D eigenvalue weighted by Gasteiger charge is 2.57. The van der Waals surface area contributed by atoms with Gasteiger partial charge < -0.3 is 75.6 Å². The van der Waals surface area contributed by atoms with Gasteiger partial charge in [0, 0.05) is 72.3 Å². The van der Waals surface area contributed by atoms with E-state index in [2.05, 4.69) is 44.1 Å². The van der Waals surface area contributed by atoms with E-state index in [-0.39, 0.29) is 42.4 Å². The van der Waals surface area contributed by atoms with Crippen LogP contribution < -0.4 is 60.2 Å². The predicted octanol–water partition coefficient (Wildman–Crippen LogP) is 12.5. The van der Waals surface area contributed by atoms with Crippen LogP contribution >= 0.6 is 0 Å². The maximum Gasteiger partial charge on any atom is 0.412 e. The molecule has 28 nitrogen and oxygen atoms in total. The number of carbonyl (C=O) groups excluding carboxylic acids is 7. The monoisotopic (exact) mass is 1450 g/mol. The van der Waals surface area contributed by atoms with Crippen LogP contribution in [0.4, 0.5) is 62.9 Å². The molecule has 1 aliphatic carbocycles. The van der Waals surface area contributed by atoms with E-state index in [0.717, 1.165) is 25.7 Å². The molecule has 0 spiro atoms. The van der Waals surface area contributed by atoms with Gasteiger partial charge in [-0.25, -0.2) is 28.8 Å². The Labute approximate surface area is 612 Å². The van der Waals surface area contributed by atoms with E-state index in [9.17, 15) is 33.6 Å². The summed E-state index contributed by atoms with van der Waals surface area (Å²) in [7, 11) is 0. The number of para-hydroxylation sites is 6. The van der Waals surface area contributed by atoms with Gasteiger partial charge in [0.2, 0.25) is 5.91 Å². The summed E-state index contributed by atoms with van der Waals surface area (Å²) in [5.41, 5.74) is 29.1. The molecule has 28 heteroatoms. The van der Waals surface area contributed by atoms with Crippen molar-refractivity contribution in [2.75, 3.05) is 51.5 Å². The van der Waals surface area contributed by atoms with Gasteiger partial charge >= 0.3 is 36.6 Å². The summed E-state index contributed by atoms with van der Waals surface area (Å²) in [6.07, 6.45) is -11.9. The Balaban J connectivity index is 1.14. The molecule has 1 saturated carbocycles. The fraction of sp³-hybridized carbons (Fsp3) is 0.442. The maximum atomic E-state index is 14.6. The van der Waals surface area contributed by atoms with Crippen LogP contribution in [0.25, 0.3) is 0 Å². The van der Waals surface area contributed by atoms with Crippen LogP contribution in [-0.2, 0) is 52.2 Å². The SMILES string of the molecule is CCCCCCCCCCCCCCCC(=O)NCC(O[C@H](O[C@H]1C(N)C[C@H](N)C(O[C@H]2O[C@H](CN)[C@@H](OC(=O)Nc3ccccc3)C(OC(=O)Nc3ccccc3)C2OC(=O)Nc2ccccc2)C1OC(=O)Nc1ccccc1)[C@H](C)OC(=O)Nc1ccccc1)[C@H](CN)OC(=O)Nc1ccccc1. The zero-order valence-electron chi connectivity index (χ0n) is 59.4. The third-order valence-corrected chi connectivity index (χ3v) is 17.4. The van der Waals surface area contributed by atoms with Gasteiger partial charge in [-0.1, -0.05) is 193 Å². The minimum absolute atomic E-state index is 0.153. The van der Waals surface area contributed by atoms with Crippen molar-refractivity contribution in [3.05, 3.63) is 182 Å². The molecule has 1 heterocycles. The van der Waals surface area contributed by atoms with Crippen molar-refractivity contribution in [2.24, 2.45) is 22.9 Å². The number of nitrogens with two attached hydrogens (primary N) is 4. The molecule has 6 aromatic rings. The molecular formula is C77H101N11O17. The lowest BCUT2D eigenvalue weighted by atomic mass is 9.84. The fourth-order valence-electron chi connectivity index (χ4n) is 12.1. The van der Waals surface area contributed by atoms with Crippen LogP contribution in [0.1, 0.15) is 110 Å². The second-order valence-electron chi connectivity index (χ2n) is 25.6. The van der Waals surface area contributed by atoms with Crippen LogP contribution in [-0.4, -0.2) is 148 Å². The summed E-state index contributed by atoms with van der Waals surface area (Å²) in [4.78, 5) is 99.0. The van der Waals surface area contributed by atoms with E-state index >= 15 is 0 Å². The van der Waals surface area contributed by atoms with Gasteiger partial charge in [0.1, 0.15) is 30.5 Å². The molecule has 0 radical (unpaired) electrons. The number of amides is 7. The topological polar surface area (TPSA) is 400 Å². The van der Waals surface area contributed by atoms with Crippen LogP contribution in [0.5, 0.6) is 0 Å². The van der Waals surface area contributed by atoms with Crippen molar-refractivity contribution < 1.29 is 80.9 Å². The van der Waals surface area contributed by atoms with E-state index < -0.39 is 135 Å². The average Bonchev–Trinajstić information content (AvgIpc) is 0.768. The molecule has 2 aliphatic rings. The van der Waals surface area contributed by atoms with Crippen LogP contribution in [0.15, 0.2) is 182 Å². The first-order valence-corrected chi connectivity index (χ1v) is 36.0. The fourth-order valence-corrected chi connectivity index (χ4v) is 12.1. The Bertz CT molecular complexity index is 3550. The zero-order valence-corrected chi connectivity index (χ0v) is 59.4. The number of rotatable bonds is 38. The number of nitrogens with one attached hydrogen (secondary N) is 7. The van der Waals surface area contributed by atoms with E-state index in [0.29, 0.717) is 23.5 Å². The average molecular weight is 1450 g/mol. The van der Waals surface area contributed by atoms with E-state index in [4.69, 9.17) is 70.3 Å². The van der Waals surface area contributed by atoms with Gasteiger partial charge in [-0.2, -0.15) is 0 Å². The summed E-state index contributed by atoms with van der Waals surface area (Å²) in [6.45, 7) is 2.45. The zero-order chi connectivity index (χ0) is 74.6. The predicted molar refractivity (Wildman–Crippen MR) is 397 cm³/mol. The lowest BCUT2D eigenvalue weighted by molar-refractivity contribution is -0.322. The van der Waals surface area contributed by atoms with Gasteiger partial charge in [0.15, 0.2) is 43.1 Å². The maximum absolute atomic E-state index is 14.6. The van der Waals surface area contributed by atoms with Crippen molar-refractivity contribution in [3.63, 3.8) is 0 Å². The number of anilines is 6. The van der Waals surface area contributed by atoms with Gasteiger partial charge in [0.25, 0.3) is 0 Å². The first-order chi connectivity index (χ1) is 51.0. The molecule has 8 rings (SSSR count). The Hall–Kier alpha value is -9.91. The molecule has 15 N–H and O–H groups in total. The van der Waals surface area contributed by atoms with E-state index in [1.165, 1.54) is 58.3 Å². The molecule has 2 fully saturated rings. The second-order valence-corrected chi connectivity index (χ2v) is 25.6. The van der Waals surface area contributed by atoms with Gasteiger partial charge in [-0.05, 0) is 92.6 Å². The summed E-state index contributed by atoms with van der Waals surface area (Å²) < 4.78 is 64.2. The molecular weight excluding hydrogens is 1350 g/mol. The first kappa shape index (κ1) is 80.8. The Kier molecular flexibility index (Phi) is 33.9. The van der Waals surface area contributed by atoms with Crippen molar-refractivity contribution in [3.8, 4) is 0 Å². The van der Waals surface area contributed by atoms with Crippen molar-refractivity contribution in [2.45, 2.75) is 196 Å².